The minimum absolute atomic E-state index is 0.0286. The maximum atomic E-state index is 14.2. The molecule has 0 aliphatic carbocycles. The molecule has 6 heteroatoms. The maximum Gasteiger partial charge on any atom is 0.274 e. The van der Waals surface area contributed by atoms with Crippen LogP contribution in [0.3, 0.4) is 0 Å². The van der Waals surface area contributed by atoms with Crippen molar-refractivity contribution in [3.63, 3.8) is 0 Å². The highest BCUT2D eigenvalue weighted by atomic mass is 32.2. The van der Waals surface area contributed by atoms with Gasteiger partial charge in [0.05, 0.1) is 18.2 Å². The van der Waals surface area contributed by atoms with Gasteiger partial charge in [-0.3, -0.25) is 0 Å². The molecule has 2 aromatic rings. The fourth-order valence-electron chi connectivity index (χ4n) is 2.54. The number of alkyl halides is 2. The Morgan fingerprint density at radius 1 is 1.12 bits per heavy atom. The summed E-state index contributed by atoms with van der Waals surface area (Å²) in [6, 6.07) is 8.13. The van der Waals surface area contributed by atoms with E-state index in [2.05, 4.69) is 0 Å². The normalized spacial score (nSPS) is 17.2. The van der Waals surface area contributed by atoms with Crippen LogP contribution in [0.2, 0.25) is 0 Å². The second-order valence-corrected chi connectivity index (χ2v) is 6.93. The van der Waals surface area contributed by atoms with Crippen LogP contribution in [-0.4, -0.2) is 16.0 Å². The molecule has 25 heavy (non-hydrogen) atoms. The van der Waals surface area contributed by atoms with Gasteiger partial charge in [0.25, 0.3) is 5.92 Å². The molecule has 0 amide bonds. The summed E-state index contributed by atoms with van der Waals surface area (Å²) in [5.74, 6) is -2.38. The highest BCUT2D eigenvalue weighted by Gasteiger charge is 2.31. The summed E-state index contributed by atoms with van der Waals surface area (Å²) in [6.07, 6.45) is 9.04. The summed E-state index contributed by atoms with van der Waals surface area (Å²) in [7, 11) is 0. The van der Waals surface area contributed by atoms with Crippen LogP contribution in [0.15, 0.2) is 71.5 Å². The lowest BCUT2D eigenvalue weighted by molar-refractivity contribution is -0.00711. The summed E-state index contributed by atoms with van der Waals surface area (Å²) in [5.41, 5.74) is -0.152. The van der Waals surface area contributed by atoms with E-state index in [1.807, 2.05) is 41.5 Å². The first-order chi connectivity index (χ1) is 12.0. The van der Waals surface area contributed by atoms with Crippen LogP contribution in [0.1, 0.15) is 17.7 Å². The second kappa shape index (κ2) is 7.87. The first-order valence-electron chi connectivity index (χ1n) is 7.93. The fourth-order valence-corrected chi connectivity index (χ4v) is 3.69. The number of hydrogen-bond donors (Lipinski definition) is 0. The zero-order valence-corrected chi connectivity index (χ0v) is 14.3. The molecular formula is C19H18F3NOS. The summed E-state index contributed by atoms with van der Waals surface area (Å²) in [5, 5.41) is -0.0286. The summed E-state index contributed by atoms with van der Waals surface area (Å²) in [6.45, 7) is 0.583. The minimum Gasteiger partial charge on any atom is -0.467 e. The molecule has 0 spiro atoms. The molecule has 1 aliphatic heterocycles. The van der Waals surface area contributed by atoms with Crippen molar-refractivity contribution in [1.29, 1.82) is 0 Å². The average Bonchev–Trinajstić information content (AvgIpc) is 3.10. The summed E-state index contributed by atoms with van der Waals surface area (Å²) >= 11 is 1.44. The summed E-state index contributed by atoms with van der Waals surface area (Å²) in [4.78, 5) is 2.04. The molecule has 2 nitrogen and oxygen atoms in total. The highest BCUT2D eigenvalue weighted by molar-refractivity contribution is 8.00. The third-order valence-corrected chi connectivity index (χ3v) is 5.09. The smallest absolute Gasteiger partial charge is 0.274 e. The molecule has 0 saturated heterocycles. The largest absolute Gasteiger partial charge is 0.467 e. The van der Waals surface area contributed by atoms with Gasteiger partial charge < -0.3 is 9.32 Å². The Balaban J connectivity index is 1.55. The number of halogens is 3. The Kier molecular flexibility index (Phi) is 5.58. The third-order valence-electron chi connectivity index (χ3n) is 3.88. The Morgan fingerprint density at radius 2 is 1.92 bits per heavy atom. The molecule has 2 heterocycles. The van der Waals surface area contributed by atoms with Crippen molar-refractivity contribution in [1.82, 2.24) is 4.90 Å². The van der Waals surface area contributed by atoms with Crippen molar-refractivity contribution >= 4 is 11.8 Å². The van der Waals surface area contributed by atoms with Gasteiger partial charge in [0.15, 0.2) is 0 Å². The molecule has 132 valence electrons. The number of nitrogens with zero attached hydrogens (tertiary/aromatic N) is 1. The molecule has 1 aliphatic rings. The van der Waals surface area contributed by atoms with Crippen LogP contribution in [0.4, 0.5) is 13.2 Å². The van der Waals surface area contributed by atoms with Crippen LogP contribution in [-0.2, 0) is 12.5 Å². The lowest BCUT2D eigenvalue weighted by Gasteiger charge is -2.29. The van der Waals surface area contributed by atoms with Crippen molar-refractivity contribution in [2.75, 3.05) is 5.75 Å². The molecule has 0 bridgehead atoms. The average molecular weight is 365 g/mol. The minimum atomic E-state index is -2.97. The zero-order chi connectivity index (χ0) is 17.7. The van der Waals surface area contributed by atoms with Gasteiger partial charge in [0.2, 0.25) is 0 Å². The van der Waals surface area contributed by atoms with E-state index in [1.165, 1.54) is 11.8 Å². The predicted octanol–water partition coefficient (Wildman–Crippen LogP) is 5.55. The Labute approximate surface area is 149 Å². The van der Waals surface area contributed by atoms with Gasteiger partial charge in [0, 0.05) is 23.9 Å². The van der Waals surface area contributed by atoms with Crippen LogP contribution in [0, 0.1) is 5.82 Å². The number of rotatable bonds is 7. The first kappa shape index (κ1) is 17.7. The second-order valence-electron chi connectivity index (χ2n) is 5.70. The molecular weight excluding hydrogens is 347 g/mol. The van der Waals surface area contributed by atoms with Crippen LogP contribution in [0.25, 0.3) is 0 Å². The molecule has 0 N–H and O–H groups in total. The quantitative estimate of drug-likeness (QED) is 0.640. The predicted molar refractivity (Wildman–Crippen MR) is 93.7 cm³/mol. The van der Waals surface area contributed by atoms with Crippen molar-refractivity contribution in [2.24, 2.45) is 0 Å². The lowest BCUT2D eigenvalue weighted by Crippen LogP contribution is -2.28. The van der Waals surface area contributed by atoms with Crippen LogP contribution < -0.4 is 0 Å². The SMILES string of the molecule is Fc1ccc(C(F)(F)CCSC2C=CC=CN2Cc2ccco2)cc1. The number of hydrogen-bond acceptors (Lipinski definition) is 3. The molecule has 0 saturated carbocycles. The number of allylic oxidation sites excluding steroid dienone is 2. The third kappa shape index (κ3) is 4.72. The van der Waals surface area contributed by atoms with Crippen LogP contribution in [0.5, 0.6) is 0 Å². The topological polar surface area (TPSA) is 16.4 Å². The van der Waals surface area contributed by atoms with Gasteiger partial charge in [-0.2, -0.15) is 0 Å². The molecule has 1 aromatic carbocycles. The van der Waals surface area contributed by atoms with E-state index in [-0.39, 0.29) is 23.1 Å². The molecule has 1 aromatic heterocycles. The Morgan fingerprint density at radius 3 is 2.64 bits per heavy atom. The van der Waals surface area contributed by atoms with Gasteiger partial charge in [-0.05, 0) is 30.3 Å². The lowest BCUT2D eigenvalue weighted by atomic mass is 10.1. The highest BCUT2D eigenvalue weighted by Crippen LogP contribution is 2.34. The number of thioether (sulfide) groups is 1. The number of benzene rings is 1. The first-order valence-corrected chi connectivity index (χ1v) is 8.98. The molecule has 1 atom stereocenters. The van der Waals surface area contributed by atoms with E-state index >= 15 is 0 Å². The fraction of sp³-hybridized carbons (Fsp3) is 0.263. The van der Waals surface area contributed by atoms with E-state index in [0.717, 1.165) is 30.0 Å². The van der Waals surface area contributed by atoms with E-state index in [4.69, 9.17) is 4.42 Å². The molecule has 3 rings (SSSR count). The van der Waals surface area contributed by atoms with Crippen molar-refractivity contribution in [3.05, 3.63) is 84.2 Å². The maximum absolute atomic E-state index is 14.2. The van der Waals surface area contributed by atoms with Gasteiger partial charge in [0.1, 0.15) is 11.6 Å². The molecule has 0 radical (unpaired) electrons. The van der Waals surface area contributed by atoms with Gasteiger partial charge in [-0.15, -0.1) is 11.8 Å². The summed E-state index contributed by atoms with van der Waals surface area (Å²) < 4.78 is 46.7. The zero-order valence-electron chi connectivity index (χ0n) is 13.4. The Hall–Kier alpha value is -2.08. The van der Waals surface area contributed by atoms with Crippen molar-refractivity contribution < 1.29 is 17.6 Å². The van der Waals surface area contributed by atoms with Crippen molar-refractivity contribution in [2.45, 2.75) is 24.3 Å². The molecule has 0 fully saturated rings. The van der Waals surface area contributed by atoms with E-state index in [9.17, 15) is 13.2 Å². The molecule has 1 unspecified atom stereocenters. The van der Waals surface area contributed by atoms with E-state index < -0.39 is 11.7 Å². The van der Waals surface area contributed by atoms with E-state index in [1.54, 1.807) is 6.26 Å². The van der Waals surface area contributed by atoms with Gasteiger partial charge in [-0.25, -0.2) is 13.2 Å². The van der Waals surface area contributed by atoms with Gasteiger partial charge in [-0.1, -0.05) is 24.3 Å². The van der Waals surface area contributed by atoms with Gasteiger partial charge >= 0.3 is 0 Å². The monoisotopic (exact) mass is 365 g/mol. The Bertz CT molecular complexity index is 726. The number of furan rings is 1. The van der Waals surface area contributed by atoms with Crippen LogP contribution >= 0.6 is 11.8 Å². The van der Waals surface area contributed by atoms with E-state index in [0.29, 0.717) is 6.54 Å². The standard InChI is InChI=1S/C19H18F3NOS/c20-16-8-6-15(7-9-16)19(21,22)10-13-25-18-5-1-2-11-23(18)14-17-4-3-12-24-17/h1-9,11-12,18H,10,13-14H2. The van der Waals surface area contributed by atoms with Crippen molar-refractivity contribution in [3.8, 4) is 0 Å².